The number of nitrogens with one attached hydrogen (secondary N) is 1. The predicted molar refractivity (Wildman–Crippen MR) is 142 cm³/mol. The van der Waals surface area contributed by atoms with Gasteiger partial charge >= 0.3 is 0 Å². The van der Waals surface area contributed by atoms with E-state index in [1.165, 1.54) is 23.5 Å². The SMILES string of the molecule is COc1ccc(S(=O)(=O)N2CCCC2)cc1NC(=O)C1CCCN(Cc2nc(-c3cccc(Cl)c3)no2)C1. The molecule has 2 fully saturated rings. The number of amides is 1. The number of aromatic nitrogens is 2. The molecule has 3 aromatic rings. The van der Waals surface area contributed by atoms with Crippen LogP contribution < -0.4 is 10.1 Å². The third-order valence-electron chi connectivity index (χ3n) is 6.92. The Morgan fingerprint density at radius 3 is 2.74 bits per heavy atom. The van der Waals surface area contributed by atoms with E-state index >= 15 is 0 Å². The number of ether oxygens (including phenoxy) is 1. The van der Waals surface area contributed by atoms with E-state index in [0.717, 1.165) is 31.4 Å². The van der Waals surface area contributed by atoms with Crippen LogP contribution in [0.15, 0.2) is 51.9 Å². The molecule has 202 valence electrons. The lowest BCUT2D eigenvalue weighted by Crippen LogP contribution is -2.40. The van der Waals surface area contributed by atoms with Crippen LogP contribution in [0.25, 0.3) is 11.4 Å². The van der Waals surface area contributed by atoms with Gasteiger partial charge in [-0.15, -0.1) is 0 Å². The average Bonchev–Trinajstić information content (AvgIpc) is 3.62. The predicted octanol–water partition coefficient (Wildman–Crippen LogP) is 4.03. The molecule has 1 amide bonds. The van der Waals surface area contributed by atoms with E-state index < -0.39 is 10.0 Å². The molecule has 12 heteroatoms. The van der Waals surface area contributed by atoms with Gasteiger partial charge in [0, 0.05) is 30.2 Å². The second-order valence-electron chi connectivity index (χ2n) is 9.56. The van der Waals surface area contributed by atoms with Crippen LogP contribution in [0.1, 0.15) is 31.6 Å². The second kappa shape index (κ2) is 11.4. The van der Waals surface area contributed by atoms with Gasteiger partial charge in [0.15, 0.2) is 0 Å². The maximum atomic E-state index is 13.3. The maximum Gasteiger partial charge on any atom is 0.243 e. The first-order valence-corrected chi connectivity index (χ1v) is 14.5. The lowest BCUT2D eigenvalue weighted by atomic mass is 9.97. The molecule has 0 radical (unpaired) electrons. The lowest BCUT2D eigenvalue weighted by Gasteiger charge is -2.31. The number of likely N-dealkylation sites (tertiary alicyclic amines) is 1. The fourth-order valence-corrected chi connectivity index (χ4v) is 6.66. The molecule has 1 aromatic heterocycles. The van der Waals surface area contributed by atoms with E-state index in [9.17, 15) is 13.2 Å². The number of piperidine rings is 1. The molecule has 2 aliphatic heterocycles. The number of anilines is 1. The highest BCUT2D eigenvalue weighted by atomic mass is 35.5. The Kier molecular flexibility index (Phi) is 7.98. The number of hydrogen-bond acceptors (Lipinski definition) is 8. The minimum atomic E-state index is -3.62. The summed E-state index contributed by atoms with van der Waals surface area (Å²) in [5.74, 6) is 0.856. The maximum absolute atomic E-state index is 13.3. The Hall–Kier alpha value is -2.99. The van der Waals surface area contributed by atoms with Crippen LogP contribution in [0, 0.1) is 5.92 Å². The zero-order valence-corrected chi connectivity index (χ0v) is 22.7. The Bertz CT molecular complexity index is 1410. The fraction of sp³-hybridized carbons (Fsp3) is 0.423. The first-order chi connectivity index (χ1) is 18.3. The van der Waals surface area contributed by atoms with Crippen molar-refractivity contribution < 1.29 is 22.5 Å². The van der Waals surface area contributed by atoms with Gasteiger partial charge in [-0.3, -0.25) is 9.69 Å². The number of benzene rings is 2. The van der Waals surface area contributed by atoms with Crippen molar-refractivity contribution in [2.45, 2.75) is 37.1 Å². The summed E-state index contributed by atoms with van der Waals surface area (Å²) in [6.07, 6.45) is 3.24. The second-order valence-corrected chi connectivity index (χ2v) is 11.9. The van der Waals surface area contributed by atoms with Gasteiger partial charge in [-0.2, -0.15) is 9.29 Å². The summed E-state index contributed by atoms with van der Waals surface area (Å²) < 4.78 is 38.4. The van der Waals surface area contributed by atoms with E-state index in [4.69, 9.17) is 20.9 Å². The topological polar surface area (TPSA) is 118 Å². The van der Waals surface area contributed by atoms with Crippen molar-refractivity contribution in [2.24, 2.45) is 5.92 Å². The Morgan fingerprint density at radius 2 is 1.97 bits per heavy atom. The minimum absolute atomic E-state index is 0.146. The largest absolute Gasteiger partial charge is 0.495 e. The molecule has 0 bridgehead atoms. The smallest absolute Gasteiger partial charge is 0.243 e. The summed E-state index contributed by atoms with van der Waals surface area (Å²) in [5.41, 5.74) is 1.12. The zero-order chi connectivity index (χ0) is 26.7. The van der Waals surface area contributed by atoms with Gasteiger partial charge in [0.25, 0.3) is 0 Å². The molecule has 38 heavy (non-hydrogen) atoms. The van der Waals surface area contributed by atoms with E-state index in [-0.39, 0.29) is 16.7 Å². The molecule has 2 aliphatic rings. The van der Waals surface area contributed by atoms with E-state index in [0.29, 0.717) is 60.8 Å². The van der Waals surface area contributed by atoms with E-state index in [2.05, 4.69) is 20.4 Å². The molecule has 2 aromatic carbocycles. The number of halogens is 1. The van der Waals surface area contributed by atoms with Gasteiger partial charge in [0.2, 0.25) is 27.6 Å². The standard InChI is InChI=1S/C26H30ClN5O5S/c1-36-23-10-9-21(38(34,35)32-12-2-3-13-32)15-22(23)28-26(33)19-7-5-11-31(16-19)17-24-29-25(30-37-24)18-6-4-8-20(27)14-18/h4,6,8-10,14-15,19H,2-3,5,7,11-13,16-17H2,1H3,(H,28,33). The van der Waals surface area contributed by atoms with Crippen LogP contribution in [-0.4, -0.2) is 67.0 Å². The fourth-order valence-electron chi connectivity index (χ4n) is 4.93. The van der Waals surface area contributed by atoms with Crippen molar-refractivity contribution in [3.05, 3.63) is 53.4 Å². The van der Waals surface area contributed by atoms with Crippen LogP contribution in [0.5, 0.6) is 5.75 Å². The van der Waals surface area contributed by atoms with Crippen molar-refractivity contribution >= 4 is 33.2 Å². The summed E-state index contributed by atoms with van der Waals surface area (Å²) in [4.78, 5) is 20.0. The molecule has 0 aliphatic carbocycles. The Balaban J connectivity index is 1.25. The third-order valence-corrected chi connectivity index (χ3v) is 9.05. The van der Waals surface area contributed by atoms with Gasteiger partial charge in [-0.1, -0.05) is 28.9 Å². The van der Waals surface area contributed by atoms with Crippen molar-refractivity contribution in [3.63, 3.8) is 0 Å². The highest BCUT2D eigenvalue weighted by Crippen LogP contribution is 2.31. The average molecular weight is 560 g/mol. The van der Waals surface area contributed by atoms with E-state index in [1.807, 2.05) is 12.1 Å². The van der Waals surface area contributed by atoms with Crippen LogP contribution in [0.4, 0.5) is 5.69 Å². The van der Waals surface area contributed by atoms with Gasteiger partial charge < -0.3 is 14.6 Å². The molecule has 0 saturated carbocycles. The highest BCUT2D eigenvalue weighted by molar-refractivity contribution is 7.89. The van der Waals surface area contributed by atoms with Gasteiger partial charge in [-0.05, 0) is 62.6 Å². The molecular weight excluding hydrogens is 530 g/mol. The number of carbonyl (C=O) groups excluding carboxylic acids is 1. The lowest BCUT2D eigenvalue weighted by molar-refractivity contribution is -0.121. The zero-order valence-electron chi connectivity index (χ0n) is 21.1. The number of methoxy groups -OCH3 is 1. The number of hydrogen-bond donors (Lipinski definition) is 1. The summed E-state index contributed by atoms with van der Waals surface area (Å²) in [7, 11) is -2.13. The monoisotopic (exact) mass is 559 g/mol. The summed E-state index contributed by atoms with van der Waals surface area (Å²) in [6.45, 7) is 2.74. The van der Waals surface area contributed by atoms with Crippen molar-refractivity contribution in [1.82, 2.24) is 19.3 Å². The molecule has 3 heterocycles. The molecular formula is C26H30ClN5O5S. The Labute approximate surface area is 227 Å². The molecule has 1 N–H and O–H groups in total. The molecule has 1 unspecified atom stereocenters. The molecule has 0 spiro atoms. The summed E-state index contributed by atoms with van der Waals surface area (Å²) in [5, 5.41) is 7.57. The van der Waals surface area contributed by atoms with Crippen molar-refractivity contribution in [3.8, 4) is 17.1 Å². The van der Waals surface area contributed by atoms with Crippen LogP contribution in [-0.2, 0) is 21.4 Å². The van der Waals surface area contributed by atoms with E-state index in [1.54, 1.807) is 18.2 Å². The van der Waals surface area contributed by atoms with Crippen molar-refractivity contribution in [1.29, 1.82) is 0 Å². The molecule has 10 nitrogen and oxygen atoms in total. The van der Waals surface area contributed by atoms with Crippen LogP contribution in [0.2, 0.25) is 5.02 Å². The highest BCUT2D eigenvalue weighted by Gasteiger charge is 2.30. The first-order valence-electron chi connectivity index (χ1n) is 12.6. The van der Waals surface area contributed by atoms with Gasteiger partial charge in [0.1, 0.15) is 5.75 Å². The van der Waals surface area contributed by atoms with Gasteiger partial charge in [0.05, 0.1) is 30.2 Å². The van der Waals surface area contributed by atoms with Crippen LogP contribution in [0.3, 0.4) is 0 Å². The molecule has 1 atom stereocenters. The Morgan fingerprint density at radius 1 is 1.16 bits per heavy atom. The normalized spacial score (nSPS) is 18.9. The molecule has 5 rings (SSSR count). The minimum Gasteiger partial charge on any atom is -0.495 e. The number of sulfonamides is 1. The number of rotatable bonds is 8. The summed E-state index contributed by atoms with van der Waals surface area (Å²) in [6, 6.07) is 11.8. The third kappa shape index (κ3) is 5.85. The summed E-state index contributed by atoms with van der Waals surface area (Å²) >= 11 is 6.07. The quantitative estimate of drug-likeness (QED) is 0.439. The van der Waals surface area contributed by atoms with Crippen molar-refractivity contribution in [2.75, 3.05) is 38.6 Å². The first kappa shape index (κ1) is 26.6. The molecule has 2 saturated heterocycles. The number of nitrogens with zero attached hydrogens (tertiary/aromatic N) is 4. The van der Waals surface area contributed by atoms with Crippen LogP contribution >= 0.6 is 11.6 Å². The number of carbonyl (C=O) groups is 1. The van der Waals surface area contributed by atoms with Gasteiger partial charge in [-0.25, -0.2) is 8.42 Å².